The van der Waals surface area contributed by atoms with Gasteiger partial charge in [0.25, 0.3) is 5.56 Å². The van der Waals surface area contributed by atoms with Gasteiger partial charge in [-0.25, -0.2) is 9.79 Å². The SMILES string of the molecule is CCOC(=O)C1=C(C)N=c2s/c(=C/c3ccc(Br)s3)c(=O)n2[C@@H]1c1ccccc1. The Morgan fingerprint density at radius 1 is 1.24 bits per heavy atom. The molecule has 0 fully saturated rings. The van der Waals surface area contributed by atoms with Crippen molar-refractivity contribution in [3.05, 3.63) is 87.6 Å². The van der Waals surface area contributed by atoms with E-state index >= 15 is 0 Å². The van der Waals surface area contributed by atoms with E-state index in [0.717, 1.165) is 14.2 Å². The summed E-state index contributed by atoms with van der Waals surface area (Å²) in [6.07, 6.45) is 1.87. The van der Waals surface area contributed by atoms with Crippen LogP contribution in [0.15, 0.2) is 67.3 Å². The molecule has 1 atom stereocenters. The highest BCUT2D eigenvalue weighted by Crippen LogP contribution is 2.30. The molecule has 4 rings (SSSR count). The summed E-state index contributed by atoms with van der Waals surface area (Å²) in [6.45, 7) is 3.81. The van der Waals surface area contributed by atoms with Crippen molar-refractivity contribution in [1.82, 2.24) is 4.57 Å². The molecule has 1 aliphatic heterocycles. The van der Waals surface area contributed by atoms with Gasteiger partial charge < -0.3 is 4.74 Å². The van der Waals surface area contributed by atoms with Crippen LogP contribution in [0.1, 0.15) is 30.3 Å². The number of nitrogens with zero attached hydrogens (tertiary/aromatic N) is 2. The van der Waals surface area contributed by atoms with Gasteiger partial charge in [-0.3, -0.25) is 9.36 Å². The Labute approximate surface area is 183 Å². The molecule has 8 heteroatoms. The first-order valence-electron chi connectivity index (χ1n) is 8.99. The van der Waals surface area contributed by atoms with Crippen molar-refractivity contribution < 1.29 is 9.53 Å². The minimum absolute atomic E-state index is 0.165. The molecular weight excluding hydrogens is 472 g/mol. The van der Waals surface area contributed by atoms with Crippen molar-refractivity contribution in [3.8, 4) is 0 Å². The van der Waals surface area contributed by atoms with Crippen molar-refractivity contribution >= 4 is 50.6 Å². The molecule has 29 heavy (non-hydrogen) atoms. The van der Waals surface area contributed by atoms with Crippen LogP contribution >= 0.6 is 38.6 Å². The zero-order valence-corrected chi connectivity index (χ0v) is 18.9. The van der Waals surface area contributed by atoms with E-state index in [2.05, 4.69) is 20.9 Å². The summed E-state index contributed by atoms with van der Waals surface area (Å²) in [4.78, 5) is 32.2. The van der Waals surface area contributed by atoms with Crippen LogP contribution in [0, 0.1) is 0 Å². The zero-order chi connectivity index (χ0) is 20.5. The number of aromatic nitrogens is 1. The Hall–Kier alpha value is -2.29. The number of ether oxygens (including phenoxy) is 1. The number of halogens is 1. The number of carbonyl (C=O) groups excluding carboxylic acids is 1. The first kappa shape index (κ1) is 20.0. The Balaban J connectivity index is 1.96. The van der Waals surface area contributed by atoms with Crippen LogP contribution in [-0.4, -0.2) is 17.1 Å². The van der Waals surface area contributed by atoms with Crippen LogP contribution in [0.3, 0.4) is 0 Å². The maximum Gasteiger partial charge on any atom is 0.338 e. The summed E-state index contributed by atoms with van der Waals surface area (Å²) in [5.41, 5.74) is 1.65. The fourth-order valence-electron chi connectivity index (χ4n) is 3.28. The number of fused-ring (bicyclic) bond motifs is 1. The standard InChI is InChI=1S/C21H17BrN2O3S2/c1-3-27-20(26)17-12(2)23-21-24(18(17)13-7-5-4-6-8-13)19(25)15(29-21)11-14-9-10-16(22)28-14/h4-11,18H,3H2,1-2H3/b15-11+/t18-/m1/s1. The van der Waals surface area contributed by atoms with Gasteiger partial charge in [-0.1, -0.05) is 41.7 Å². The molecule has 0 bridgehead atoms. The summed E-state index contributed by atoms with van der Waals surface area (Å²) in [5, 5.41) is 0. The summed E-state index contributed by atoms with van der Waals surface area (Å²) in [7, 11) is 0. The van der Waals surface area contributed by atoms with E-state index in [0.29, 0.717) is 20.6 Å². The van der Waals surface area contributed by atoms with Crippen molar-refractivity contribution in [2.45, 2.75) is 19.9 Å². The minimum atomic E-state index is -0.566. The molecule has 0 unspecified atom stereocenters. The number of thiophene rings is 1. The molecule has 0 aliphatic carbocycles. The predicted octanol–water partition coefficient (Wildman–Crippen LogP) is 3.62. The second-order valence-electron chi connectivity index (χ2n) is 6.35. The summed E-state index contributed by atoms with van der Waals surface area (Å²) < 4.78 is 8.47. The number of hydrogen-bond donors (Lipinski definition) is 0. The van der Waals surface area contributed by atoms with Gasteiger partial charge in [0.05, 0.1) is 32.2 Å². The number of rotatable bonds is 4. The van der Waals surface area contributed by atoms with E-state index in [1.165, 1.54) is 11.3 Å². The fraction of sp³-hybridized carbons (Fsp3) is 0.190. The van der Waals surface area contributed by atoms with Crippen molar-refractivity contribution in [2.24, 2.45) is 4.99 Å². The lowest BCUT2D eigenvalue weighted by atomic mass is 9.96. The minimum Gasteiger partial charge on any atom is -0.463 e. The zero-order valence-electron chi connectivity index (χ0n) is 15.7. The Bertz CT molecular complexity index is 1290. The second-order valence-corrected chi connectivity index (χ2v) is 9.86. The average Bonchev–Trinajstić information content (AvgIpc) is 3.24. The molecule has 3 heterocycles. The molecule has 0 N–H and O–H groups in total. The lowest BCUT2D eigenvalue weighted by Gasteiger charge is -2.24. The molecule has 0 radical (unpaired) electrons. The quantitative estimate of drug-likeness (QED) is 0.526. The highest BCUT2D eigenvalue weighted by molar-refractivity contribution is 9.11. The van der Waals surface area contributed by atoms with Crippen LogP contribution in [0.4, 0.5) is 0 Å². The summed E-state index contributed by atoms with van der Waals surface area (Å²) in [5.74, 6) is -0.445. The monoisotopic (exact) mass is 488 g/mol. The van der Waals surface area contributed by atoms with Gasteiger partial charge in [-0.15, -0.1) is 11.3 Å². The van der Waals surface area contributed by atoms with Crippen molar-refractivity contribution in [2.75, 3.05) is 6.61 Å². The highest BCUT2D eigenvalue weighted by atomic mass is 79.9. The first-order chi connectivity index (χ1) is 14.0. The number of allylic oxidation sites excluding steroid dienone is 1. The van der Waals surface area contributed by atoms with Crippen LogP contribution in [-0.2, 0) is 9.53 Å². The third-order valence-electron chi connectivity index (χ3n) is 4.50. The van der Waals surface area contributed by atoms with Gasteiger partial charge >= 0.3 is 5.97 Å². The molecule has 0 saturated carbocycles. The highest BCUT2D eigenvalue weighted by Gasteiger charge is 2.33. The number of hydrogen-bond acceptors (Lipinski definition) is 6. The smallest absolute Gasteiger partial charge is 0.338 e. The Kier molecular flexibility index (Phi) is 5.67. The van der Waals surface area contributed by atoms with Crippen LogP contribution in [0.25, 0.3) is 6.08 Å². The third kappa shape index (κ3) is 3.80. The molecule has 0 spiro atoms. The predicted molar refractivity (Wildman–Crippen MR) is 119 cm³/mol. The summed E-state index contributed by atoms with van der Waals surface area (Å²) in [6, 6.07) is 12.9. The van der Waals surface area contributed by atoms with Gasteiger partial charge in [0.1, 0.15) is 0 Å². The van der Waals surface area contributed by atoms with E-state index in [-0.39, 0.29) is 12.2 Å². The number of benzene rings is 1. The lowest BCUT2D eigenvalue weighted by Crippen LogP contribution is -2.39. The third-order valence-corrected chi connectivity index (χ3v) is 7.05. The van der Waals surface area contributed by atoms with Crippen LogP contribution in [0.5, 0.6) is 0 Å². The van der Waals surface area contributed by atoms with Gasteiger partial charge in [0.2, 0.25) is 0 Å². The first-order valence-corrected chi connectivity index (χ1v) is 11.4. The average molecular weight is 489 g/mol. The molecule has 0 saturated heterocycles. The second kappa shape index (κ2) is 8.22. The van der Waals surface area contributed by atoms with Gasteiger partial charge in [-0.05, 0) is 53.5 Å². The normalized spacial score (nSPS) is 16.5. The van der Waals surface area contributed by atoms with Gasteiger partial charge in [0, 0.05) is 4.88 Å². The molecule has 1 aliphatic rings. The van der Waals surface area contributed by atoms with E-state index in [1.807, 2.05) is 48.5 Å². The summed E-state index contributed by atoms with van der Waals surface area (Å²) >= 11 is 6.33. The van der Waals surface area contributed by atoms with Crippen molar-refractivity contribution in [1.29, 1.82) is 0 Å². The maximum absolute atomic E-state index is 13.3. The number of thiazole rings is 1. The van der Waals surface area contributed by atoms with E-state index < -0.39 is 12.0 Å². The molecular formula is C21H17BrN2O3S2. The molecule has 0 amide bonds. The molecule has 5 nitrogen and oxygen atoms in total. The largest absolute Gasteiger partial charge is 0.463 e. The van der Waals surface area contributed by atoms with Crippen LogP contribution in [0.2, 0.25) is 0 Å². The van der Waals surface area contributed by atoms with Gasteiger partial charge in [-0.2, -0.15) is 0 Å². The van der Waals surface area contributed by atoms with Crippen molar-refractivity contribution in [3.63, 3.8) is 0 Å². The molecule has 148 valence electrons. The van der Waals surface area contributed by atoms with E-state index in [9.17, 15) is 9.59 Å². The maximum atomic E-state index is 13.3. The number of esters is 1. The Morgan fingerprint density at radius 3 is 2.66 bits per heavy atom. The Morgan fingerprint density at radius 2 is 2.00 bits per heavy atom. The fourth-order valence-corrected chi connectivity index (χ4v) is 5.76. The molecule has 1 aromatic carbocycles. The molecule has 3 aromatic rings. The topological polar surface area (TPSA) is 60.7 Å². The lowest BCUT2D eigenvalue weighted by molar-refractivity contribution is -0.139. The number of carbonyl (C=O) groups is 1. The van der Waals surface area contributed by atoms with Gasteiger partial charge in [0.15, 0.2) is 4.80 Å². The van der Waals surface area contributed by atoms with E-state index in [1.54, 1.807) is 29.8 Å². The van der Waals surface area contributed by atoms with Crippen LogP contribution < -0.4 is 14.9 Å². The van der Waals surface area contributed by atoms with E-state index in [4.69, 9.17) is 4.74 Å². The molecule has 2 aromatic heterocycles.